The number of hydrogen-bond donors (Lipinski definition) is 1. The molecule has 0 atom stereocenters. The van der Waals surface area contributed by atoms with Crippen LogP contribution >= 0.6 is 11.3 Å². The predicted octanol–water partition coefficient (Wildman–Crippen LogP) is 3.91. The van der Waals surface area contributed by atoms with Crippen molar-refractivity contribution in [3.8, 4) is 0 Å². The van der Waals surface area contributed by atoms with E-state index < -0.39 is 0 Å². The van der Waals surface area contributed by atoms with Gasteiger partial charge in [-0.3, -0.25) is 0 Å². The van der Waals surface area contributed by atoms with Gasteiger partial charge < -0.3 is 10.2 Å². The molecular weight excluding hydrogens is 280 g/mol. The first-order valence-corrected chi connectivity index (χ1v) is 8.31. The molecule has 0 radical (unpaired) electrons. The van der Waals surface area contributed by atoms with Crippen molar-refractivity contribution in [1.29, 1.82) is 0 Å². The molecule has 2 amide bonds. The van der Waals surface area contributed by atoms with Gasteiger partial charge in [0.1, 0.15) is 0 Å². The van der Waals surface area contributed by atoms with E-state index in [2.05, 4.69) is 35.8 Å². The van der Waals surface area contributed by atoms with Crippen LogP contribution in [0.5, 0.6) is 0 Å². The number of urea groups is 1. The molecule has 0 aliphatic rings. The molecule has 0 saturated heterocycles. The van der Waals surface area contributed by atoms with Crippen LogP contribution in [0.2, 0.25) is 0 Å². The van der Waals surface area contributed by atoms with E-state index in [1.807, 2.05) is 28.5 Å². The van der Waals surface area contributed by atoms with Crippen molar-refractivity contribution in [1.82, 2.24) is 10.2 Å². The smallest absolute Gasteiger partial charge is 0.317 e. The van der Waals surface area contributed by atoms with Crippen LogP contribution < -0.4 is 5.32 Å². The Morgan fingerprint density at radius 2 is 2.00 bits per heavy atom. The van der Waals surface area contributed by atoms with Crippen molar-refractivity contribution >= 4 is 17.4 Å². The highest BCUT2D eigenvalue weighted by molar-refractivity contribution is 7.07. The molecule has 0 aliphatic heterocycles. The lowest BCUT2D eigenvalue weighted by atomic mass is 10.1. The molecule has 0 unspecified atom stereocenters. The third kappa shape index (κ3) is 5.23. The minimum Gasteiger partial charge on any atom is -0.338 e. The van der Waals surface area contributed by atoms with Gasteiger partial charge in [0.15, 0.2) is 0 Å². The highest BCUT2D eigenvalue weighted by Crippen LogP contribution is 2.10. The van der Waals surface area contributed by atoms with E-state index in [0.29, 0.717) is 13.1 Å². The summed E-state index contributed by atoms with van der Waals surface area (Å²) in [4.78, 5) is 14.1. The number of nitrogens with zero attached hydrogens (tertiary/aromatic N) is 1. The monoisotopic (exact) mass is 302 g/mol. The SMILES string of the molecule is CCCN(Cc1ccsc1)C(=O)NCCc1ccccc1. The van der Waals surface area contributed by atoms with E-state index in [1.54, 1.807) is 11.3 Å². The molecule has 1 aromatic heterocycles. The number of nitrogens with one attached hydrogen (secondary N) is 1. The van der Waals surface area contributed by atoms with E-state index in [0.717, 1.165) is 19.4 Å². The van der Waals surface area contributed by atoms with Crippen molar-refractivity contribution in [3.05, 3.63) is 58.3 Å². The second-order valence-corrected chi connectivity index (χ2v) is 5.80. The maximum absolute atomic E-state index is 12.3. The number of hydrogen-bond acceptors (Lipinski definition) is 2. The van der Waals surface area contributed by atoms with Crippen LogP contribution in [0.25, 0.3) is 0 Å². The number of rotatable bonds is 7. The lowest BCUT2D eigenvalue weighted by molar-refractivity contribution is 0.195. The van der Waals surface area contributed by atoms with Gasteiger partial charge in [0.05, 0.1) is 0 Å². The summed E-state index contributed by atoms with van der Waals surface area (Å²) in [6, 6.07) is 12.3. The summed E-state index contributed by atoms with van der Waals surface area (Å²) in [5, 5.41) is 7.16. The van der Waals surface area contributed by atoms with E-state index in [-0.39, 0.29) is 6.03 Å². The molecule has 2 rings (SSSR count). The van der Waals surface area contributed by atoms with Crippen LogP contribution in [0.4, 0.5) is 4.79 Å². The quantitative estimate of drug-likeness (QED) is 0.826. The topological polar surface area (TPSA) is 32.3 Å². The normalized spacial score (nSPS) is 10.3. The molecule has 4 heteroatoms. The molecule has 1 N–H and O–H groups in total. The summed E-state index contributed by atoms with van der Waals surface area (Å²) in [5.41, 5.74) is 2.45. The van der Waals surface area contributed by atoms with E-state index in [1.165, 1.54) is 11.1 Å². The second kappa shape index (κ2) is 8.47. The molecule has 112 valence electrons. The largest absolute Gasteiger partial charge is 0.338 e. The Bertz CT molecular complexity index is 525. The van der Waals surface area contributed by atoms with Crippen molar-refractivity contribution < 1.29 is 4.79 Å². The fourth-order valence-corrected chi connectivity index (χ4v) is 2.86. The Morgan fingerprint density at radius 1 is 1.19 bits per heavy atom. The molecule has 2 aromatic rings. The van der Waals surface area contributed by atoms with Gasteiger partial charge in [0.2, 0.25) is 0 Å². The molecule has 0 fully saturated rings. The Balaban J connectivity index is 1.81. The van der Waals surface area contributed by atoms with Crippen LogP contribution in [0.1, 0.15) is 24.5 Å². The number of carbonyl (C=O) groups excluding carboxylic acids is 1. The van der Waals surface area contributed by atoms with Crippen LogP contribution in [0.3, 0.4) is 0 Å². The summed E-state index contributed by atoms with van der Waals surface area (Å²) < 4.78 is 0. The lowest BCUT2D eigenvalue weighted by Gasteiger charge is -2.22. The lowest BCUT2D eigenvalue weighted by Crippen LogP contribution is -2.40. The van der Waals surface area contributed by atoms with Crippen LogP contribution in [-0.4, -0.2) is 24.0 Å². The van der Waals surface area contributed by atoms with Gasteiger partial charge in [-0.2, -0.15) is 11.3 Å². The minimum atomic E-state index is 0.0268. The van der Waals surface area contributed by atoms with Crippen molar-refractivity contribution in [2.45, 2.75) is 26.3 Å². The summed E-state index contributed by atoms with van der Waals surface area (Å²) in [5.74, 6) is 0. The summed E-state index contributed by atoms with van der Waals surface area (Å²) in [6.45, 7) is 4.24. The fourth-order valence-electron chi connectivity index (χ4n) is 2.20. The van der Waals surface area contributed by atoms with Crippen LogP contribution in [0.15, 0.2) is 47.2 Å². The number of thiophene rings is 1. The van der Waals surface area contributed by atoms with Gasteiger partial charge >= 0.3 is 6.03 Å². The van der Waals surface area contributed by atoms with Gasteiger partial charge in [-0.15, -0.1) is 0 Å². The zero-order valence-corrected chi connectivity index (χ0v) is 13.2. The van der Waals surface area contributed by atoms with E-state index in [4.69, 9.17) is 0 Å². The Labute approximate surface area is 130 Å². The summed E-state index contributed by atoms with van der Waals surface area (Å²) in [6.07, 6.45) is 1.83. The molecule has 0 aliphatic carbocycles. The highest BCUT2D eigenvalue weighted by atomic mass is 32.1. The first-order chi connectivity index (χ1) is 10.3. The zero-order chi connectivity index (χ0) is 14.9. The maximum atomic E-state index is 12.3. The van der Waals surface area contributed by atoms with Crippen molar-refractivity contribution in [3.63, 3.8) is 0 Å². The highest BCUT2D eigenvalue weighted by Gasteiger charge is 2.12. The van der Waals surface area contributed by atoms with Gasteiger partial charge in [0, 0.05) is 19.6 Å². The summed E-state index contributed by atoms with van der Waals surface area (Å²) in [7, 11) is 0. The molecule has 3 nitrogen and oxygen atoms in total. The fraction of sp³-hybridized carbons (Fsp3) is 0.353. The second-order valence-electron chi connectivity index (χ2n) is 5.02. The van der Waals surface area contributed by atoms with Gasteiger partial charge in [-0.25, -0.2) is 4.79 Å². The molecule has 1 aromatic carbocycles. The summed E-state index contributed by atoms with van der Waals surface area (Å²) >= 11 is 1.67. The molecular formula is C17H22N2OS. The zero-order valence-electron chi connectivity index (χ0n) is 12.4. The number of carbonyl (C=O) groups is 1. The number of amides is 2. The predicted molar refractivity (Wildman–Crippen MR) is 88.6 cm³/mol. The van der Waals surface area contributed by atoms with E-state index >= 15 is 0 Å². The van der Waals surface area contributed by atoms with Gasteiger partial charge in [-0.05, 0) is 40.8 Å². The van der Waals surface area contributed by atoms with Crippen LogP contribution in [-0.2, 0) is 13.0 Å². The van der Waals surface area contributed by atoms with Crippen LogP contribution in [0, 0.1) is 0 Å². The Morgan fingerprint density at radius 3 is 2.67 bits per heavy atom. The maximum Gasteiger partial charge on any atom is 0.317 e. The first kappa shape index (κ1) is 15.6. The third-order valence-electron chi connectivity index (χ3n) is 3.27. The molecule has 0 saturated carbocycles. The van der Waals surface area contributed by atoms with Crippen molar-refractivity contribution in [2.75, 3.05) is 13.1 Å². The minimum absolute atomic E-state index is 0.0268. The van der Waals surface area contributed by atoms with Gasteiger partial charge in [-0.1, -0.05) is 37.3 Å². The third-order valence-corrected chi connectivity index (χ3v) is 4.00. The van der Waals surface area contributed by atoms with E-state index in [9.17, 15) is 4.79 Å². The average Bonchev–Trinajstić information content (AvgIpc) is 3.01. The first-order valence-electron chi connectivity index (χ1n) is 7.37. The van der Waals surface area contributed by atoms with Crippen molar-refractivity contribution in [2.24, 2.45) is 0 Å². The molecule has 1 heterocycles. The Kier molecular flexibility index (Phi) is 6.28. The van der Waals surface area contributed by atoms with Gasteiger partial charge in [0.25, 0.3) is 0 Å². The average molecular weight is 302 g/mol. The Hall–Kier alpha value is -1.81. The standard InChI is InChI=1S/C17H22N2OS/c1-2-11-19(13-16-9-12-21-14-16)17(20)18-10-8-15-6-4-3-5-7-15/h3-7,9,12,14H,2,8,10-11,13H2,1H3,(H,18,20). The molecule has 21 heavy (non-hydrogen) atoms. The molecule has 0 spiro atoms. The molecule has 0 bridgehead atoms. The number of benzene rings is 1.